The molecule has 0 bridgehead atoms. The number of halogens is 2. The highest BCUT2D eigenvalue weighted by molar-refractivity contribution is 9.12. The molecule has 0 saturated heterocycles. The summed E-state index contributed by atoms with van der Waals surface area (Å²) >= 11 is 8.31. The molecule has 0 unspecified atom stereocenters. The third kappa shape index (κ3) is 3.63. The van der Waals surface area contributed by atoms with E-state index < -0.39 is 0 Å². The van der Waals surface area contributed by atoms with Gasteiger partial charge in [-0.2, -0.15) is 0 Å². The number of hydrogen-bond donors (Lipinski definition) is 0. The first-order chi connectivity index (χ1) is 14.0. The number of rotatable bonds is 5. The Kier molecular flexibility index (Phi) is 6.69. The Hall–Kier alpha value is 0.630. The zero-order chi connectivity index (χ0) is 21.9. The molecule has 0 aromatic rings. The van der Waals surface area contributed by atoms with Crippen LogP contribution in [0.4, 0.5) is 0 Å². The molecule has 0 aromatic carbocycles. The van der Waals surface area contributed by atoms with Crippen molar-refractivity contribution in [3.05, 3.63) is 0 Å². The second-order valence-electron chi connectivity index (χ2n) is 12.6. The maximum atomic E-state index is 12.4. The van der Waals surface area contributed by atoms with Crippen LogP contribution in [0.15, 0.2) is 0 Å². The molecule has 9 atom stereocenters. The minimum atomic E-state index is -0.0353. The topological polar surface area (TPSA) is 17.1 Å². The maximum absolute atomic E-state index is 12.4. The van der Waals surface area contributed by atoms with Crippen LogP contribution >= 0.6 is 31.9 Å². The van der Waals surface area contributed by atoms with Crippen LogP contribution in [0.1, 0.15) is 105 Å². The van der Waals surface area contributed by atoms with Gasteiger partial charge in [0.05, 0.1) is 4.32 Å². The number of carbonyl (C=O) groups excluding carboxylic acids is 1. The van der Waals surface area contributed by atoms with Gasteiger partial charge in [-0.1, -0.05) is 85.7 Å². The second-order valence-corrected chi connectivity index (χ2v) is 15.1. The van der Waals surface area contributed by atoms with Crippen molar-refractivity contribution in [2.24, 2.45) is 46.3 Å². The third-order valence-corrected chi connectivity index (χ3v) is 14.3. The summed E-state index contributed by atoms with van der Waals surface area (Å²) in [6.45, 7) is 12.5. The standard InChI is InChI=1S/C27H44Br2O/c1-17(2)7-6-8-18(3)21-9-10-22-20-15-24(28)27(29)16-19(30)11-14-26(27,5)23(20)12-13-25(21,22)4/h17-18,20-24H,6-16H2,1-5H3/t18-,20+,21-,22+,23+,24+,25-,26-,27-/m1/s1. The first kappa shape index (κ1) is 23.8. The molecule has 172 valence electrons. The number of hydrogen-bond acceptors (Lipinski definition) is 1. The maximum Gasteiger partial charge on any atom is 0.134 e. The average molecular weight is 544 g/mol. The quantitative estimate of drug-likeness (QED) is 0.317. The smallest absolute Gasteiger partial charge is 0.134 e. The predicted octanol–water partition coefficient (Wildman–Crippen LogP) is 8.57. The van der Waals surface area contributed by atoms with Gasteiger partial charge in [0.15, 0.2) is 0 Å². The van der Waals surface area contributed by atoms with Gasteiger partial charge >= 0.3 is 0 Å². The molecule has 3 heteroatoms. The fourth-order valence-corrected chi connectivity index (χ4v) is 11.1. The number of carbonyl (C=O) groups is 1. The minimum absolute atomic E-state index is 0.0353. The molecule has 0 spiro atoms. The van der Waals surface area contributed by atoms with Crippen molar-refractivity contribution in [3.8, 4) is 0 Å². The summed E-state index contributed by atoms with van der Waals surface area (Å²) in [5.74, 6) is 5.60. The van der Waals surface area contributed by atoms with Gasteiger partial charge < -0.3 is 0 Å². The molecule has 4 saturated carbocycles. The Balaban J connectivity index is 1.54. The van der Waals surface area contributed by atoms with Crippen molar-refractivity contribution < 1.29 is 4.79 Å². The molecule has 4 aliphatic rings. The van der Waals surface area contributed by atoms with E-state index in [4.69, 9.17) is 0 Å². The summed E-state index contributed by atoms with van der Waals surface area (Å²) < 4.78 is -0.0353. The van der Waals surface area contributed by atoms with Gasteiger partial charge in [0.2, 0.25) is 0 Å². The average Bonchev–Trinajstić information content (AvgIpc) is 3.01. The fourth-order valence-electron chi connectivity index (χ4n) is 9.00. The van der Waals surface area contributed by atoms with Crippen LogP contribution in [0.2, 0.25) is 0 Å². The fraction of sp³-hybridized carbons (Fsp3) is 0.963. The molecule has 0 aliphatic heterocycles. The molecular weight excluding hydrogens is 500 g/mol. The lowest BCUT2D eigenvalue weighted by molar-refractivity contribution is -0.133. The lowest BCUT2D eigenvalue weighted by atomic mass is 9.44. The van der Waals surface area contributed by atoms with Crippen LogP contribution in [-0.2, 0) is 4.79 Å². The Morgan fingerprint density at radius 2 is 1.77 bits per heavy atom. The van der Waals surface area contributed by atoms with Crippen LogP contribution in [0, 0.1) is 46.3 Å². The molecule has 4 aliphatic carbocycles. The Labute approximate surface area is 202 Å². The molecule has 0 aromatic heterocycles. The SMILES string of the molecule is CC(C)CCC[C@@H](C)[C@H]1CC[C@H]2[C@@H]3C[C@H](Br)[C@]4(Br)CC(=O)CC[C@]4(C)[C@H]3CC[C@]12C. The molecule has 1 nitrogen and oxygen atoms in total. The van der Waals surface area contributed by atoms with Gasteiger partial charge in [0.25, 0.3) is 0 Å². The van der Waals surface area contributed by atoms with Gasteiger partial charge in [-0.25, -0.2) is 0 Å². The van der Waals surface area contributed by atoms with Crippen molar-refractivity contribution in [3.63, 3.8) is 0 Å². The largest absolute Gasteiger partial charge is 0.300 e. The van der Waals surface area contributed by atoms with Gasteiger partial charge in [-0.15, -0.1) is 0 Å². The van der Waals surface area contributed by atoms with E-state index in [1.54, 1.807) is 0 Å². The van der Waals surface area contributed by atoms with Crippen LogP contribution < -0.4 is 0 Å². The molecule has 30 heavy (non-hydrogen) atoms. The van der Waals surface area contributed by atoms with Gasteiger partial charge in [0.1, 0.15) is 5.78 Å². The zero-order valence-corrected chi connectivity index (χ0v) is 23.2. The number of Topliss-reactive ketones (excluding diaryl/α,β-unsaturated/α-hetero) is 1. The van der Waals surface area contributed by atoms with Crippen LogP contribution in [0.3, 0.4) is 0 Å². The summed E-state index contributed by atoms with van der Waals surface area (Å²) in [5.41, 5.74) is 0.790. The summed E-state index contributed by atoms with van der Waals surface area (Å²) in [4.78, 5) is 12.8. The molecule has 0 amide bonds. The summed E-state index contributed by atoms with van der Waals surface area (Å²) in [5, 5.41) is 0. The number of fused-ring (bicyclic) bond motifs is 5. The highest BCUT2D eigenvalue weighted by Gasteiger charge is 2.66. The third-order valence-electron chi connectivity index (χ3n) is 10.8. The Morgan fingerprint density at radius 3 is 2.47 bits per heavy atom. The molecule has 0 heterocycles. The Bertz CT molecular complexity index is 661. The highest BCUT2D eigenvalue weighted by atomic mass is 79.9. The van der Waals surface area contributed by atoms with E-state index in [0.29, 0.717) is 16.0 Å². The van der Waals surface area contributed by atoms with E-state index in [1.165, 1.54) is 51.4 Å². The normalized spacial score (nSPS) is 49.5. The zero-order valence-electron chi connectivity index (χ0n) is 20.0. The van der Waals surface area contributed by atoms with E-state index >= 15 is 0 Å². The molecule has 0 N–H and O–H groups in total. The van der Waals surface area contributed by atoms with Crippen molar-refractivity contribution in [2.75, 3.05) is 0 Å². The van der Waals surface area contributed by atoms with Crippen LogP contribution in [0.25, 0.3) is 0 Å². The van der Waals surface area contributed by atoms with E-state index in [2.05, 4.69) is 66.5 Å². The van der Waals surface area contributed by atoms with Crippen molar-refractivity contribution >= 4 is 37.6 Å². The lowest BCUT2D eigenvalue weighted by Crippen LogP contribution is -2.64. The van der Waals surface area contributed by atoms with Crippen LogP contribution in [0.5, 0.6) is 0 Å². The van der Waals surface area contributed by atoms with E-state index in [1.807, 2.05) is 0 Å². The van der Waals surface area contributed by atoms with Crippen molar-refractivity contribution in [1.82, 2.24) is 0 Å². The molecule has 4 fully saturated rings. The van der Waals surface area contributed by atoms with Crippen molar-refractivity contribution in [2.45, 2.75) is 114 Å². The van der Waals surface area contributed by atoms with E-state index in [-0.39, 0.29) is 9.74 Å². The molecule has 0 radical (unpaired) electrons. The van der Waals surface area contributed by atoms with Gasteiger partial charge in [-0.3, -0.25) is 4.79 Å². The van der Waals surface area contributed by atoms with Crippen molar-refractivity contribution in [1.29, 1.82) is 0 Å². The van der Waals surface area contributed by atoms with Gasteiger partial charge in [-0.05, 0) is 84.9 Å². The molecule has 4 rings (SSSR count). The van der Waals surface area contributed by atoms with Crippen LogP contribution in [-0.4, -0.2) is 14.9 Å². The summed E-state index contributed by atoms with van der Waals surface area (Å²) in [6, 6.07) is 0. The number of ketones is 1. The summed E-state index contributed by atoms with van der Waals surface area (Å²) in [6.07, 6.45) is 13.8. The number of alkyl halides is 2. The van der Waals surface area contributed by atoms with E-state index in [0.717, 1.165) is 54.8 Å². The second kappa shape index (κ2) is 8.44. The van der Waals surface area contributed by atoms with E-state index in [9.17, 15) is 4.79 Å². The minimum Gasteiger partial charge on any atom is -0.300 e. The lowest BCUT2D eigenvalue weighted by Gasteiger charge is -2.65. The monoisotopic (exact) mass is 542 g/mol. The predicted molar refractivity (Wildman–Crippen MR) is 134 cm³/mol. The highest BCUT2D eigenvalue weighted by Crippen LogP contribution is 2.71. The summed E-state index contributed by atoms with van der Waals surface area (Å²) in [7, 11) is 0. The first-order valence-corrected chi connectivity index (χ1v) is 14.6. The Morgan fingerprint density at radius 1 is 1.03 bits per heavy atom. The van der Waals surface area contributed by atoms with Gasteiger partial charge in [0, 0.05) is 17.7 Å². The molecular formula is C27H44Br2O. The first-order valence-electron chi connectivity index (χ1n) is 12.9.